The van der Waals surface area contributed by atoms with Gasteiger partial charge in [-0.05, 0) is 112 Å². The summed E-state index contributed by atoms with van der Waals surface area (Å²) in [7, 11) is 0. The zero-order valence-electron chi connectivity index (χ0n) is 21.9. The Balaban J connectivity index is 1.62. The second-order valence-electron chi connectivity index (χ2n) is 13.6. The summed E-state index contributed by atoms with van der Waals surface area (Å²) in [4.78, 5) is 0. The highest BCUT2D eigenvalue weighted by molar-refractivity contribution is 5.30. The van der Waals surface area contributed by atoms with Gasteiger partial charge in [-0.2, -0.15) is 0 Å². The summed E-state index contributed by atoms with van der Waals surface area (Å²) in [5.74, 6) is 3.18. The fourth-order valence-corrected chi connectivity index (χ4v) is 9.47. The van der Waals surface area contributed by atoms with Crippen LogP contribution in [-0.4, -0.2) is 11.2 Å². The van der Waals surface area contributed by atoms with Gasteiger partial charge in [0.25, 0.3) is 0 Å². The maximum absolute atomic E-state index is 10.8. The van der Waals surface area contributed by atoms with Crippen LogP contribution in [0, 0.1) is 45.3 Å². The minimum Gasteiger partial charge on any atom is -0.392 e. The molecule has 8 atom stereocenters. The monoisotopic (exact) mass is 426 g/mol. The van der Waals surface area contributed by atoms with Crippen molar-refractivity contribution in [3.63, 3.8) is 0 Å². The fourth-order valence-electron chi connectivity index (χ4n) is 9.47. The molecule has 3 fully saturated rings. The molecule has 0 aromatic rings. The zero-order valence-corrected chi connectivity index (χ0v) is 21.9. The van der Waals surface area contributed by atoms with Crippen molar-refractivity contribution in [2.75, 3.05) is 0 Å². The molecular weight excluding hydrogens is 376 g/mol. The number of allylic oxidation sites excluding steroid dienone is 3. The lowest BCUT2D eigenvalue weighted by Crippen LogP contribution is -2.59. The molecule has 176 valence electrons. The number of aliphatic hydroxyl groups excluding tert-OH is 1. The first-order valence-electron chi connectivity index (χ1n) is 13.4. The lowest BCUT2D eigenvalue weighted by atomic mass is 9.39. The van der Waals surface area contributed by atoms with Crippen molar-refractivity contribution >= 4 is 0 Å². The number of hydrogen-bond donors (Lipinski definition) is 1. The van der Waals surface area contributed by atoms with Crippen LogP contribution in [0.3, 0.4) is 0 Å². The van der Waals surface area contributed by atoms with E-state index < -0.39 is 0 Å². The number of rotatable bonds is 4. The lowest BCUT2D eigenvalue weighted by Gasteiger charge is -2.66. The molecule has 31 heavy (non-hydrogen) atoms. The maximum atomic E-state index is 10.8. The predicted octanol–water partition coefficient (Wildman–Crippen LogP) is 8.34. The van der Waals surface area contributed by atoms with Crippen molar-refractivity contribution in [2.45, 2.75) is 119 Å². The van der Waals surface area contributed by atoms with E-state index >= 15 is 0 Å². The minimum atomic E-state index is -0.169. The van der Waals surface area contributed by atoms with Crippen LogP contribution in [-0.2, 0) is 0 Å². The van der Waals surface area contributed by atoms with Gasteiger partial charge in [0.1, 0.15) is 0 Å². The van der Waals surface area contributed by atoms with Crippen LogP contribution in [0.25, 0.3) is 0 Å². The van der Waals surface area contributed by atoms with Gasteiger partial charge >= 0.3 is 0 Å². The highest BCUT2D eigenvalue weighted by Crippen LogP contribution is 2.74. The molecule has 0 spiro atoms. The lowest BCUT2D eigenvalue weighted by molar-refractivity contribution is -0.145. The first-order chi connectivity index (χ1) is 14.4. The molecule has 0 heterocycles. The molecule has 4 aliphatic rings. The van der Waals surface area contributed by atoms with Gasteiger partial charge in [0.15, 0.2) is 0 Å². The molecule has 3 saturated carbocycles. The average molecular weight is 427 g/mol. The van der Waals surface area contributed by atoms with Crippen LogP contribution in [0.1, 0.15) is 113 Å². The summed E-state index contributed by atoms with van der Waals surface area (Å²) in [6, 6.07) is 0. The van der Waals surface area contributed by atoms with Gasteiger partial charge in [0.2, 0.25) is 0 Å². The highest BCUT2D eigenvalue weighted by Gasteiger charge is 2.67. The standard InChI is InChI=1S/C30H50O/c1-20(2)10-9-11-21(3)22-16-17-30(8)25-14-12-23-24(13-15-26(31)27(23,4)5)28(25,6)18-19-29(22,30)7/h10,12,21-22,24-26,31H,9,11,13-19H2,1-8H3/t21-,22+,24-,25+,26+,28+,29+,30-/m1/s1. The van der Waals surface area contributed by atoms with Crippen LogP contribution < -0.4 is 0 Å². The second-order valence-corrected chi connectivity index (χ2v) is 13.6. The molecule has 0 radical (unpaired) electrons. The number of fused-ring (bicyclic) bond motifs is 5. The SMILES string of the molecule is CC(C)=CCC[C@@H](C)[C@@H]1CC[C@]2(C)[C@H]3CC=C4[C@@H](CC[C@H](O)C4(C)C)[C@]3(C)CC[C@@]12C. The fraction of sp³-hybridized carbons (Fsp3) is 0.867. The molecular formula is C30H50O. The number of aliphatic hydroxyl groups is 1. The summed E-state index contributed by atoms with van der Waals surface area (Å²) in [5, 5.41) is 10.8. The molecule has 0 aromatic carbocycles. The Morgan fingerprint density at radius 2 is 1.74 bits per heavy atom. The molecule has 0 unspecified atom stereocenters. The first kappa shape index (κ1) is 23.6. The van der Waals surface area contributed by atoms with Crippen LogP contribution in [0.5, 0.6) is 0 Å². The minimum absolute atomic E-state index is 0.0454. The van der Waals surface area contributed by atoms with E-state index in [0.717, 1.165) is 24.2 Å². The van der Waals surface area contributed by atoms with Gasteiger partial charge in [0.05, 0.1) is 6.10 Å². The Bertz CT molecular complexity index is 754. The van der Waals surface area contributed by atoms with Crippen molar-refractivity contribution in [3.05, 3.63) is 23.3 Å². The normalized spacial score (nSPS) is 46.9. The van der Waals surface area contributed by atoms with Gasteiger partial charge in [-0.25, -0.2) is 0 Å². The van der Waals surface area contributed by atoms with E-state index in [1.165, 1.54) is 56.9 Å². The zero-order chi connectivity index (χ0) is 22.8. The molecule has 0 bridgehead atoms. The van der Waals surface area contributed by atoms with E-state index in [0.29, 0.717) is 22.2 Å². The molecule has 1 N–H and O–H groups in total. The van der Waals surface area contributed by atoms with E-state index in [1.807, 2.05) is 0 Å². The topological polar surface area (TPSA) is 20.2 Å². The van der Waals surface area contributed by atoms with E-state index in [9.17, 15) is 5.11 Å². The second kappa shape index (κ2) is 7.75. The summed E-state index contributed by atoms with van der Waals surface area (Å²) in [6.07, 6.45) is 16.5. The van der Waals surface area contributed by atoms with Crippen molar-refractivity contribution in [3.8, 4) is 0 Å². The van der Waals surface area contributed by atoms with Crippen LogP contribution >= 0.6 is 0 Å². The summed E-state index contributed by atoms with van der Waals surface area (Å²) < 4.78 is 0. The average Bonchev–Trinajstić information content (AvgIpc) is 2.96. The third-order valence-electron chi connectivity index (χ3n) is 11.8. The van der Waals surface area contributed by atoms with Gasteiger partial charge in [-0.1, -0.05) is 64.8 Å². The quantitative estimate of drug-likeness (QED) is 0.448. The molecule has 4 aliphatic carbocycles. The third kappa shape index (κ3) is 3.34. The summed E-state index contributed by atoms with van der Waals surface area (Å²) in [6.45, 7) is 19.7. The molecule has 4 rings (SSSR count). The van der Waals surface area contributed by atoms with Gasteiger partial charge in [0, 0.05) is 5.41 Å². The Morgan fingerprint density at radius 3 is 2.42 bits per heavy atom. The van der Waals surface area contributed by atoms with Crippen molar-refractivity contribution in [2.24, 2.45) is 45.3 Å². The Labute approximate surface area is 193 Å². The van der Waals surface area contributed by atoms with Crippen LogP contribution in [0.2, 0.25) is 0 Å². The largest absolute Gasteiger partial charge is 0.392 e. The number of hydrogen-bond acceptors (Lipinski definition) is 1. The van der Waals surface area contributed by atoms with Crippen LogP contribution in [0.4, 0.5) is 0 Å². The van der Waals surface area contributed by atoms with Gasteiger partial charge < -0.3 is 5.11 Å². The predicted molar refractivity (Wildman–Crippen MR) is 133 cm³/mol. The van der Waals surface area contributed by atoms with Crippen molar-refractivity contribution < 1.29 is 5.11 Å². The first-order valence-corrected chi connectivity index (χ1v) is 13.4. The molecule has 0 amide bonds. The molecule has 0 aromatic heterocycles. The highest BCUT2D eigenvalue weighted by atomic mass is 16.3. The van der Waals surface area contributed by atoms with E-state index in [2.05, 4.69) is 67.5 Å². The van der Waals surface area contributed by atoms with Crippen molar-refractivity contribution in [1.82, 2.24) is 0 Å². The molecule has 0 aliphatic heterocycles. The Morgan fingerprint density at radius 1 is 1.03 bits per heavy atom. The van der Waals surface area contributed by atoms with Gasteiger partial charge in [-0.15, -0.1) is 0 Å². The third-order valence-corrected chi connectivity index (χ3v) is 11.8. The smallest absolute Gasteiger partial charge is 0.0628 e. The maximum Gasteiger partial charge on any atom is 0.0628 e. The Kier molecular flexibility index (Phi) is 5.90. The van der Waals surface area contributed by atoms with E-state index in [1.54, 1.807) is 5.57 Å². The van der Waals surface area contributed by atoms with E-state index in [-0.39, 0.29) is 11.5 Å². The van der Waals surface area contributed by atoms with Crippen LogP contribution in [0.15, 0.2) is 23.3 Å². The van der Waals surface area contributed by atoms with Crippen molar-refractivity contribution in [1.29, 1.82) is 0 Å². The molecule has 1 heteroatoms. The Hall–Kier alpha value is -0.560. The summed E-state index contributed by atoms with van der Waals surface area (Å²) >= 11 is 0. The summed E-state index contributed by atoms with van der Waals surface area (Å²) in [5.41, 5.74) is 4.37. The van der Waals surface area contributed by atoms with Gasteiger partial charge in [-0.3, -0.25) is 0 Å². The van der Waals surface area contributed by atoms with E-state index in [4.69, 9.17) is 0 Å². The molecule has 1 nitrogen and oxygen atoms in total. The molecule has 0 saturated heterocycles.